The summed E-state index contributed by atoms with van der Waals surface area (Å²) < 4.78 is 15.4. The van der Waals surface area contributed by atoms with E-state index < -0.39 is 5.97 Å². The average molecular weight is 317 g/mol. The van der Waals surface area contributed by atoms with Crippen molar-refractivity contribution in [3.05, 3.63) is 54.0 Å². The van der Waals surface area contributed by atoms with E-state index in [0.29, 0.717) is 17.9 Å². The molecule has 2 aromatic rings. The van der Waals surface area contributed by atoms with Crippen LogP contribution < -0.4 is 5.32 Å². The van der Waals surface area contributed by atoms with Gasteiger partial charge in [0.2, 0.25) is 0 Å². The van der Waals surface area contributed by atoms with Crippen LogP contribution in [0.1, 0.15) is 34.8 Å². The summed E-state index contributed by atoms with van der Waals surface area (Å²) in [5.74, 6) is -0.559. The summed E-state index contributed by atoms with van der Waals surface area (Å²) in [5, 5.41) is 2.67. The van der Waals surface area contributed by atoms with Gasteiger partial charge >= 0.3 is 5.97 Å². The van der Waals surface area contributed by atoms with E-state index in [0.717, 1.165) is 0 Å². The van der Waals surface area contributed by atoms with Crippen molar-refractivity contribution in [2.45, 2.75) is 20.0 Å². The first-order valence-corrected chi connectivity index (χ1v) is 7.30. The molecule has 1 aromatic heterocycles. The van der Waals surface area contributed by atoms with E-state index in [4.69, 9.17) is 13.9 Å². The van der Waals surface area contributed by atoms with Gasteiger partial charge in [-0.3, -0.25) is 4.79 Å². The number of anilines is 1. The van der Waals surface area contributed by atoms with Crippen molar-refractivity contribution in [1.29, 1.82) is 0 Å². The Balaban J connectivity index is 1.84. The van der Waals surface area contributed by atoms with E-state index in [2.05, 4.69) is 5.32 Å². The molecule has 0 spiro atoms. The molecule has 6 heteroatoms. The third-order valence-corrected chi connectivity index (χ3v) is 2.89. The summed E-state index contributed by atoms with van der Waals surface area (Å²) in [5.41, 5.74) is 0.969. The minimum Gasteiger partial charge on any atom is -0.460 e. The lowest BCUT2D eigenvalue weighted by atomic mass is 10.2. The maximum atomic E-state index is 11.8. The summed E-state index contributed by atoms with van der Waals surface area (Å²) in [6.45, 7) is 4.39. The molecule has 1 heterocycles. The van der Waals surface area contributed by atoms with Crippen molar-refractivity contribution in [3.63, 3.8) is 0 Å². The Morgan fingerprint density at radius 3 is 2.48 bits per heavy atom. The van der Waals surface area contributed by atoms with Crippen molar-refractivity contribution < 1.29 is 23.5 Å². The molecule has 0 radical (unpaired) electrons. The van der Waals surface area contributed by atoms with Crippen LogP contribution in [-0.4, -0.2) is 31.2 Å². The van der Waals surface area contributed by atoms with Crippen LogP contribution in [0.5, 0.6) is 0 Å². The summed E-state index contributed by atoms with van der Waals surface area (Å²) in [6.07, 6.45) is 1.53. The molecule has 0 aliphatic heterocycles. The maximum absolute atomic E-state index is 11.8. The highest BCUT2D eigenvalue weighted by Crippen LogP contribution is 2.12. The van der Waals surface area contributed by atoms with Crippen molar-refractivity contribution in [1.82, 2.24) is 0 Å². The largest absolute Gasteiger partial charge is 0.460 e. The fourth-order valence-electron chi connectivity index (χ4n) is 1.79. The summed E-state index contributed by atoms with van der Waals surface area (Å²) in [4.78, 5) is 23.6. The number of furan rings is 1. The van der Waals surface area contributed by atoms with Gasteiger partial charge < -0.3 is 19.2 Å². The number of amides is 1. The molecule has 0 fully saturated rings. The molecule has 1 amide bonds. The van der Waals surface area contributed by atoms with E-state index in [1.165, 1.54) is 6.26 Å². The fraction of sp³-hybridized carbons (Fsp3) is 0.294. The van der Waals surface area contributed by atoms with E-state index in [1.807, 2.05) is 13.8 Å². The van der Waals surface area contributed by atoms with Gasteiger partial charge in [0.1, 0.15) is 6.61 Å². The number of carbonyl (C=O) groups is 2. The predicted octanol–water partition coefficient (Wildman–Crippen LogP) is 3.11. The normalized spacial score (nSPS) is 10.6. The Bertz CT molecular complexity index is 632. The summed E-state index contributed by atoms with van der Waals surface area (Å²) in [7, 11) is 0. The molecule has 0 unspecified atom stereocenters. The van der Waals surface area contributed by atoms with Crippen LogP contribution in [0.4, 0.5) is 5.69 Å². The van der Waals surface area contributed by atoms with Gasteiger partial charge in [-0.25, -0.2) is 4.79 Å². The Kier molecular flexibility index (Phi) is 5.94. The molecule has 122 valence electrons. The number of hydrogen-bond donors (Lipinski definition) is 1. The maximum Gasteiger partial charge on any atom is 0.338 e. The second-order valence-electron chi connectivity index (χ2n) is 5.06. The smallest absolute Gasteiger partial charge is 0.338 e. The van der Waals surface area contributed by atoms with Crippen molar-refractivity contribution in [3.8, 4) is 0 Å². The molecule has 0 aliphatic carbocycles. The topological polar surface area (TPSA) is 77.8 Å². The molecule has 1 aromatic carbocycles. The zero-order valence-electron chi connectivity index (χ0n) is 13.1. The number of hydrogen-bond acceptors (Lipinski definition) is 5. The lowest BCUT2D eigenvalue weighted by Gasteiger charge is -2.09. The van der Waals surface area contributed by atoms with Gasteiger partial charge in [-0.15, -0.1) is 0 Å². The Hall–Kier alpha value is -2.60. The Morgan fingerprint density at radius 1 is 1.13 bits per heavy atom. The third-order valence-electron chi connectivity index (χ3n) is 2.89. The zero-order valence-corrected chi connectivity index (χ0v) is 13.1. The fourth-order valence-corrected chi connectivity index (χ4v) is 1.79. The highest BCUT2D eigenvalue weighted by Gasteiger charge is 2.10. The van der Waals surface area contributed by atoms with E-state index >= 15 is 0 Å². The molecule has 23 heavy (non-hydrogen) atoms. The molecule has 2 rings (SSSR count). The standard InChI is InChI=1S/C17H19NO5/c1-12(2)21-10-11-23-17(20)13-5-7-14(8-6-13)18-16(19)15-4-3-9-22-15/h3-9,12H,10-11H2,1-2H3,(H,18,19). The minimum absolute atomic E-state index is 0.103. The van der Waals surface area contributed by atoms with Crippen LogP contribution in [0.2, 0.25) is 0 Å². The van der Waals surface area contributed by atoms with Gasteiger partial charge in [-0.2, -0.15) is 0 Å². The molecule has 0 bridgehead atoms. The monoisotopic (exact) mass is 317 g/mol. The van der Waals surface area contributed by atoms with Crippen LogP contribution in [0.25, 0.3) is 0 Å². The van der Waals surface area contributed by atoms with Crippen LogP contribution >= 0.6 is 0 Å². The zero-order chi connectivity index (χ0) is 16.7. The molecule has 0 aliphatic rings. The number of esters is 1. The van der Waals surface area contributed by atoms with Crippen LogP contribution in [0, 0.1) is 0 Å². The molecule has 0 saturated heterocycles. The molecular weight excluding hydrogens is 298 g/mol. The number of carbonyl (C=O) groups excluding carboxylic acids is 2. The molecule has 1 N–H and O–H groups in total. The molecular formula is C17H19NO5. The second-order valence-corrected chi connectivity index (χ2v) is 5.06. The van der Waals surface area contributed by atoms with Crippen molar-refractivity contribution in [2.24, 2.45) is 0 Å². The SMILES string of the molecule is CC(C)OCCOC(=O)c1ccc(NC(=O)c2ccco2)cc1. The van der Waals surface area contributed by atoms with Gasteiger partial charge in [-0.05, 0) is 50.2 Å². The van der Waals surface area contributed by atoms with E-state index in [-0.39, 0.29) is 24.4 Å². The number of benzene rings is 1. The van der Waals surface area contributed by atoms with E-state index in [9.17, 15) is 9.59 Å². The van der Waals surface area contributed by atoms with Crippen molar-refractivity contribution >= 4 is 17.6 Å². The lowest BCUT2D eigenvalue weighted by Crippen LogP contribution is -2.14. The average Bonchev–Trinajstić information content (AvgIpc) is 3.06. The highest BCUT2D eigenvalue weighted by atomic mass is 16.6. The van der Waals surface area contributed by atoms with Crippen LogP contribution in [0.15, 0.2) is 47.1 Å². The first-order chi connectivity index (χ1) is 11.1. The quantitative estimate of drug-likeness (QED) is 0.627. The Morgan fingerprint density at radius 2 is 1.87 bits per heavy atom. The van der Waals surface area contributed by atoms with Gasteiger partial charge in [0.25, 0.3) is 5.91 Å². The minimum atomic E-state index is -0.429. The number of nitrogens with one attached hydrogen (secondary N) is 1. The second kappa shape index (κ2) is 8.14. The molecule has 6 nitrogen and oxygen atoms in total. The first kappa shape index (κ1) is 16.8. The third kappa shape index (κ3) is 5.27. The van der Waals surface area contributed by atoms with E-state index in [1.54, 1.807) is 36.4 Å². The van der Waals surface area contributed by atoms with Crippen LogP contribution in [0.3, 0.4) is 0 Å². The first-order valence-electron chi connectivity index (χ1n) is 7.30. The predicted molar refractivity (Wildman–Crippen MR) is 84.5 cm³/mol. The van der Waals surface area contributed by atoms with Crippen LogP contribution in [-0.2, 0) is 9.47 Å². The van der Waals surface area contributed by atoms with Gasteiger partial charge in [0.05, 0.1) is 24.5 Å². The molecule has 0 saturated carbocycles. The van der Waals surface area contributed by atoms with Gasteiger partial charge in [-0.1, -0.05) is 0 Å². The van der Waals surface area contributed by atoms with Gasteiger partial charge in [0, 0.05) is 5.69 Å². The summed E-state index contributed by atoms with van der Waals surface area (Å²) in [6, 6.07) is 9.63. The Labute approximate surface area is 134 Å². The molecule has 0 atom stereocenters. The lowest BCUT2D eigenvalue weighted by molar-refractivity contribution is 0.0177. The van der Waals surface area contributed by atoms with Gasteiger partial charge in [0.15, 0.2) is 5.76 Å². The number of ether oxygens (including phenoxy) is 2. The highest BCUT2D eigenvalue weighted by molar-refractivity contribution is 6.02. The van der Waals surface area contributed by atoms with Crippen molar-refractivity contribution in [2.75, 3.05) is 18.5 Å². The number of rotatable bonds is 7. The summed E-state index contributed by atoms with van der Waals surface area (Å²) >= 11 is 0.